The summed E-state index contributed by atoms with van der Waals surface area (Å²) < 4.78 is 26.2. The summed E-state index contributed by atoms with van der Waals surface area (Å²) in [4.78, 5) is 5.47. The standard InChI is InChI=1S/C11H14F2N2O/c1-7-2-3-15(10(7)6-16)11-9(13)4-8(12)5-14-11/h4-5,7,10,16H,2-3,6H2,1H3. The van der Waals surface area contributed by atoms with E-state index in [0.29, 0.717) is 6.54 Å². The van der Waals surface area contributed by atoms with Crippen molar-refractivity contribution in [2.45, 2.75) is 19.4 Å². The zero-order valence-corrected chi connectivity index (χ0v) is 9.03. The number of hydrogen-bond donors (Lipinski definition) is 1. The lowest BCUT2D eigenvalue weighted by molar-refractivity contribution is 0.244. The highest BCUT2D eigenvalue weighted by Gasteiger charge is 2.32. The van der Waals surface area contributed by atoms with Gasteiger partial charge in [-0.3, -0.25) is 0 Å². The number of rotatable bonds is 2. The Kier molecular flexibility index (Phi) is 3.05. The fraction of sp³-hybridized carbons (Fsp3) is 0.545. The van der Waals surface area contributed by atoms with Gasteiger partial charge in [0.15, 0.2) is 11.6 Å². The van der Waals surface area contributed by atoms with Crippen molar-refractivity contribution in [3.63, 3.8) is 0 Å². The van der Waals surface area contributed by atoms with Crippen LogP contribution in [0.2, 0.25) is 0 Å². The molecule has 0 spiro atoms. The van der Waals surface area contributed by atoms with E-state index in [1.165, 1.54) is 0 Å². The van der Waals surface area contributed by atoms with Crippen LogP contribution in [0.3, 0.4) is 0 Å². The second-order valence-corrected chi connectivity index (χ2v) is 4.17. The SMILES string of the molecule is CC1CCN(c2ncc(F)cc2F)C1CO. The first-order chi connectivity index (χ1) is 7.63. The van der Waals surface area contributed by atoms with E-state index < -0.39 is 11.6 Å². The molecule has 0 bridgehead atoms. The van der Waals surface area contributed by atoms with Crippen LogP contribution in [0.5, 0.6) is 0 Å². The fourth-order valence-electron chi connectivity index (χ4n) is 2.17. The normalized spacial score (nSPS) is 25.1. The fourth-order valence-corrected chi connectivity index (χ4v) is 2.17. The Morgan fingerprint density at radius 2 is 2.31 bits per heavy atom. The molecule has 2 unspecified atom stereocenters. The molecule has 1 aromatic rings. The van der Waals surface area contributed by atoms with Gasteiger partial charge >= 0.3 is 0 Å². The molecule has 1 aromatic heterocycles. The maximum atomic E-state index is 13.5. The molecule has 5 heteroatoms. The van der Waals surface area contributed by atoms with Crippen LogP contribution in [-0.2, 0) is 0 Å². The van der Waals surface area contributed by atoms with Gasteiger partial charge in [0.25, 0.3) is 0 Å². The van der Waals surface area contributed by atoms with E-state index in [1.54, 1.807) is 4.90 Å². The summed E-state index contributed by atoms with van der Waals surface area (Å²) >= 11 is 0. The number of aliphatic hydroxyl groups is 1. The van der Waals surface area contributed by atoms with Crippen LogP contribution < -0.4 is 4.90 Å². The van der Waals surface area contributed by atoms with Gasteiger partial charge in [-0.05, 0) is 12.3 Å². The molecule has 1 N–H and O–H groups in total. The third kappa shape index (κ3) is 1.87. The molecule has 2 rings (SSSR count). The van der Waals surface area contributed by atoms with Gasteiger partial charge in [0.2, 0.25) is 0 Å². The molecule has 2 heterocycles. The molecule has 3 nitrogen and oxygen atoms in total. The molecule has 0 aromatic carbocycles. The van der Waals surface area contributed by atoms with Crippen molar-refractivity contribution in [3.05, 3.63) is 23.9 Å². The highest BCUT2D eigenvalue weighted by Crippen LogP contribution is 2.29. The Balaban J connectivity index is 2.30. The highest BCUT2D eigenvalue weighted by atomic mass is 19.1. The number of pyridine rings is 1. The second kappa shape index (κ2) is 4.33. The van der Waals surface area contributed by atoms with Crippen molar-refractivity contribution in [3.8, 4) is 0 Å². The molecule has 88 valence electrons. The van der Waals surface area contributed by atoms with Gasteiger partial charge in [0.05, 0.1) is 18.8 Å². The number of hydrogen-bond acceptors (Lipinski definition) is 3. The Hall–Kier alpha value is -1.23. The van der Waals surface area contributed by atoms with Crippen molar-refractivity contribution in [2.75, 3.05) is 18.1 Å². The molecular formula is C11H14F2N2O. The molecule has 0 aliphatic carbocycles. The van der Waals surface area contributed by atoms with Crippen LogP contribution in [0.1, 0.15) is 13.3 Å². The molecule has 0 radical (unpaired) electrons. The van der Waals surface area contributed by atoms with Gasteiger partial charge in [-0.2, -0.15) is 0 Å². The zero-order chi connectivity index (χ0) is 11.7. The highest BCUT2D eigenvalue weighted by molar-refractivity contribution is 5.42. The van der Waals surface area contributed by atoms with Gasteiger partial charge in [0, 0.05) is 12.6 Å². The van der Waals surface area contributed by atoms with Crippen molar-refractivity contribution >= 4 is 5.82 Å². The van der Waals surface area contributed by atoms with Crippen LogP contribution in [0.15, 0.2) is 12.3 Å². The van der Waals surface area contributed by atoms with E-state index in [1.807, 2.05) is 6.92 Å². The van der Waals surface area contributed by atoms with Crippen molar-refractivity contribution < 1.29 is 13.9 Å². The molecule has 2 atom stereocenters. The minimum absolute atomic E-state index is 0.0420. The van der Waals surface area contributed by atoms with Crippen LogP contribution >= 0.6 is 0 Å². The van der Waals surface area contributed by atoms with E-state index in [-0.39, 0.29) is 24.4 Å². The monoisotopic (exact) mass is 228 g/mol. The molecule has 1 aliphatic rings. The van der Waals surface area contributed by atoms with Crippen molar-refractivity contribution in [2.24, 2.45) is 5.92 Å². The average Bonchev–Trinajstić information content (AvgIpc) is 2.59. The average molecular weight is 228 g/mol. The summed E-state index contributed by atoms with van der Waals surface area (Å²) in [7, 11) is 0. The summed E-state index contributed by atoms with van der Waals surface area (Å²) in [5, 5.41) is 9.25. The summed E-state index contributed by atoms with van der Waals surface area (Å²) in [5.41, 5.74) is 0. The maximum Gasteiger partial charge on any atom is 0.168 e. The lowest BCUT2D eigenvalue weighted by atomic mass is 10.0. The molecular weight excluding hydrogens is 214 g/mol. The lowest BCUT2D eigenvalue weighted by Gasteiger charge is -2.26. The van der Waals surface area contributed by atoms with Crippen LogP contribution in [-0.4, -0.2) is 29.3 Å². The van der Waals surface area contributed by atoms with Gasteiger partial charge in [-0.25, -0.2) is 13.8 Å². The van der Waals surface area contributed by atoms with E-state index in [0.717, 1.165) is 18.7 Å². The summed E-state index contributed by atoms with van der Waals surface area (Å²) in [6.45, 7) is 2.60. The Morgan fingerprint density at radius 3 is 2.94 bits per heavy atom. The number of aliphatic hydroxyl groups excluding tert-OH is 1. The number of nitrogens with zero attached hydrogens (tertiary/aromatic N) is 2. The molecule has 0 saturated carbocycles. The third-order valence-electron chi connectivity index (χ3n) is 3.13. The quantitative estimate of drug-likeness (QED) is 0.834. The number of anilines is 1. The third-order valence-corrected chi connectivity index (χ3v) is 3.13. The summed E-state index contributed by atoms with van der Waals surface area (Å²) in [6.07, 6.45) is 1.87. The van der Waals surface area contributed by atoms with Gasteiger partial charge in [0.1, 0.15) is 5.82 Å². The van der Waals surface area contributed by atoms with E-state index in [2.05, 4.69) is 4.98 Å². The molecule has 1 saturated heterocycles. The minimum atomic E-state index is -0.686. The first-order valence-corrected chi connectivity index (χ1v) is 5.32. The number of halogens is 2. The minimum Gasteiger partial charge on any atom is -0.394 e. The molecule has 0 amide bonds. The predicted molar refractivity (Wildman–Crippen MR) is 56.2 cm³/mol. The van der Waals surface area contributed by atoms with Gasteiger partial charge in [-0.1, -0.05) is 6.92 Å². The molecule has 16 heavy (non-hydrogen) atoms. The number of aromatic nitrogens is 1. The van der Waals surface area contributed by atoms with Crippen LogP contribution in [0, 0.1) is 17.6 Å². The smallest absolute Gasteiger partial charge is 0.168 e. The Bertz CT molecular complexity index is 386. The second-order valence-electron chi connectivity index (χ2n) is 4.17. The van der Waals surface area contributed by atoms with Gasteiger partial charge < -0.3 is 10.0 Å². The molecule has 1 fully saturated rings. The summed E-state index contributed by atoms with van der Waals surface area (Å²) in [5.74, 6) is -0.942. The zero-order valence-electron chi connectivity index (χ0n) is 9.03. The summed E-state index contributed by atoms with van der Waals surface area (Å²) in [6, 6.07) is 0.687. The Morgan fingerprint density at radius 1 is 1.56 bits per heavy atom. The van der Waals surface area contributed by atoms with Crippen molar-refractivity contribution in [1.29, 1.82) is 0 Å². The topological polar surface area (TPSA) is 36.4 Å². The van der Waals surface area contributed by atoms with E-state index >= 15 is 0 Å². The van der Waals surface area contributed by atoms with Crippen LogP contribution in [0.4, 0.5) is 14.6 Å². The van der Waals surface area contributed by atoms with E-state index in [9.17, 15) is 13.9 Å². The largest absolute Gasteiger partial charge is 0.394 e. The first kappa shape index (κ1) is 11.3. The maximum absolute atomic E-state index is 13.5. The van der Waals surface area contributed by atoms with Crippen LogP contribution in [0.25, 0.3) is 0 Å². The van der Waals surface area contributed by atoms with E-state index in [4.69, 9.17) is 0 Å². The molecule has 1 aliphatic heterocycles. The Labute approximate surface area is 92.7 Å². The van der Waals surface area contributed by atoms with Gasteiger partial charge in [-0.15, -0.1) is 0 Å². The first-order valence-electron chi connectivity index (χ1n) is 5.32. The predicted octanol–water partition coefficient (Wildman–Crippen LogP) is 1.57. The van der Waals surface area contributed by atoms with Crippen molar-refractivity contribution in [1.82, 2.24) is 4.98 Å². The lowest BCUT2D eigenvalue weighted by Crippen LogP contribution is -2.36.